The fourth-order valence-electron chi connectivity index (χ4n) is 5.61. The number of carbonyl (C=O) groups excluding carboxylic acids is 1. The zero-order chi connectivity index (χ0) is 26.0. The number of nitrogens with one attached hydrogen (secondary N) is 1. The summed E-state index contributed by atoms with van der Waals surface area (Å²) in [5.74, 6) is 0.632. The molecule has 2 heterocycles. The van der Waals surface area contributed by atoms with Gasteiger partial charge in [0.05, 0.1) is 11.2 Å². The van der Waals surface area contributed by atoms with Gasteiger partial charge in [0.25, 0.3) is 0 Å². The highest BCUT2D eigenvalue weighted by molar-refractivity contribution is 9.10. The highest BCUT2D eigenvalue weighted by atomic mass is 79.9. The Bertz CT molecular complexity index is 1090. The molecule has 1 aliphatic rings. The minimum atomic E-state index is 0.296. The van der Waals surface area contributed by atoms with Crippen LogP contribution in [0, 0.1) is 0 Å². The first kappa shape index (κ1) is 27.7. The van der Waals surface area contributed by atoms with Gasteiger partial charge >= 0.3 is 0 Å². The summed E-state index contributed by atoms with van der Waals surface area (Å²) >= 11 is 3.50. The molecule has 6 heteroatoms. The second-order valence-electron chi connectivity index (χ2n) is 10.2. The number of piperidine rings is 1. The zero-order valence-electron chi connectivity index (χ0n) is 22.5. The summed E-state index contributed by atoms with van der Waals surface area (Å²) in [5.41, 5.74) is 5.22. The van der Waals surface area contributed by atoms with Crippen molar-refractivity contribution in [2.75, 3.05) is 38.7 Å². The lowest BCUT2D eigenvalue weighted by Crippen LogP contribution is -2.39. The van der Waals surface area contributed by atoms with Crippen molar-refractivity contribution < 1.29 is 9.53 Å². The molecule has 0 bridgehead atoms. The van der Waals surface area contributed by atoms with Gasteiger partial charge < -0.3 is 19.5 Å². The third-order valence-electron chi connectivity index (χ3n) is 7.50. The summed E-state index contributed by atoms with van der Waals surface area (Å²) in [7, 11) is 1.77. The van der Waals surface area contributed by atoms with E-state index in [1.165, 1.54) is 34.3 Å². The Balaban J connectivity index is 1.52. The number of para-hydroxylation sites is 1. The number of methoxy groups -OCH3 is 1. The Morgan fingerprint density at radius 1 is 1.11 bits per heavy atom. The number of nitrogens with zero attached hydrogens (tertiary/aromatic N) is 2. The van der Waals surface area contributed by atoms with Crippen LogP contribution in [0.5, 0.6) is 0 Å². The van der Waals surface area contributed by atoms with E-state index >= 15 is 0 Å². The Morgan fingerprint density at radius 2 is 1.92 bits per heavy atom. The van der Waals surface area contributed by atoms with Gasteiger partial charge in [-0.3, -0.25) is 4.79 Å². The average Bonchev–Trinajstić information content (AvgIpc) is 3.23. The molecule has 200 valence electrons. The summed E-state index contributed by atoms with van der Waals surface area (Å²) in [5, 5.41) is 5.10. The van der Waals surface area contributed by atoms with Gasteiger partial charge in [-0.05, 0) is 62.3 Å². The molecular weight excluding hydrogens is 526 g/mol. The van der Waals surface area contributed by atoms with Crippen molar-refractivity contribution >= 4 is 38.4 Å². The van der Waals surface area contributed by atoms with E-state index in [1.54, 1.807) is 7.11 Å². The number of halogens is 1. The maximum absolute atomic E-state index is 13.3. The molecular formula is C31H42BrN3O2. The predicted octanol–water partition coefficient (Wildman–Crippen LogP) is 7.38. The molecule has 1 aliphatic heterocycles. The van der Waals surface area contributed by atoms with Gasteiger partial charge in [-0.2, -0.15) is 0 Å². The van der Waals surface area contributed by atoms with Gasteiger partial charge in [-0.15, -0.1) is 0 Å². The summed E-state index contributed by atoms with van der Waals surface area (Å²) in [4.78, 5) is 15.4. The van der Waals surface area contributed by atoms with Gasteiger partial charge in [0.15, 0.2) is 0 Å². The van der Waals surface area contributed by atoms with Crippen molar-refractivity contribution in [2.24, 2.45) is 0 Å². The minimum Gasteiger partial charge on any atom is -0.385 e. The molecule has 1 fully saturated rings. The maximum Gasteiger partial charge on any atom is 0.222 e. The third-order valence-corrected chi connectivity index (χ3v) is 8.03. The molecule has 2 aromatic carbocycles. The fourth-order valence-corrected chi connectivity index (χ4v) is 5.88. The van der Waals surface area contributed by atoms with E-state index in [-0.39, 0.29) is 0 Å². The van der Waals surface area contributed by atoms with E-state index < -0.39 is 0 Å². The first-order valence-corrected chi connectivity index (χ1v) is 14.8. The second kappa shape index (κ2) is 14.0. The van der Waals surface area contributed by atoms with E-state index in [0.29, 0.717) is 18.2 Å². The number of hydrogen-bond donors (Lipinski definition) is 1. The maximum atomic E-state index is 13.3. The molecule has 3 aromatic rings. The van der Waals surface area contributed by atoms with Gasteiger partial charge in [0.2, 0.25) is 5.91 Å². The average molecular weight is 569 g/mol. The van der Waals surface area contributed by atoms with Gasteiger partial charge in [0.1, 0.15) is 0 Å². The Kier molecular flexibility index (Phi) is 10.5. The molecule has 0 radical (unpaired) electrons. The number of ether oxygens (including phenoxy) is 1. The van der Waals surface area contributed by atoms with Crippen molar-refractivity contribution in [3.8, 4) is 0 Å². The number of anilines is 1. The van der Waals surface area contributed by atoms with Crippen LogP contribution >= 0.6 is 15.9 Å². The SMILES string of the molecule is CCCCNc1c(C2CCCN(C(=O)CCCc3ccc(Br)cc3)C2)n(CCCOC)c2ccccc12. The van der Waals surface area contributed by atoms with Crippen LogP contribution in [0.4, 0.5) is 5.69 Å². The van der Waals surface area contributed by atoms with Gasteiger partial charge in [0, 0.05) is 67.8 Å². The first-order chi connectivity index (χ1) is 18.1. The number of likely N-dealkylation sites (tertiary alicyclic amines) is 1. The number of unbranched alkanes of at least 4 members (excludes halogenated alkanes) is 1. The standard InChI is InChI=1S/C31H42BrN3O2/c1-3-4-19-33-30-27-12-5-6-13-28(27)35(21-9-22-37-2)31(30)25-11-8-20-34(23-25)29(36)14-7-10-24-15-17-26(32)18-16-24/h5-6,12-13,15-18,25,33H,3-4,7-11,14,19-23H2,1-2H3. The quantitative estimate of drug-likeness (QED) is 0.219. The third kappa shape index (κ3) is 7.17. The zero-order valence-corrected chi connectivity index (χ0v) is 24.1. The molecule has 0 aliphatic carbocycles. The molecule has 1 N–H and O–H groups in total. The molecule has 1 amide bonds. The topological polar surface area (TPSA) is 46.5 Å². The first-order valence-electron chi connectivity index (χ1n) is 14.0. The monoisotopic (exact) mass is 567 g/mol. The minimum absolute atomic E-state index is 0.296. The summed E-state index contributed by atoms with van der Waals surface area (Å²) in [6, 6.07) is 17.2. The summed E-state index contributed by atoms with van der Waals surface area (Å²) in [6.07, 6.45) is 7.90. The normalized spacial score (nSPS) is 15.9. The van der Waals surface area contributed by atoms with E-state index in [9.17, 15) is 4.79 Å². The largest absolute Gasteiger partial charge is 0.385 e. The Labute approximate surface area is 230 Å². The number of fused-ring (bicyclic) bond motifs is 1. The lowest BCUT2D eigenvalue weighted by molar-refractivity contribution is -0.132. The van der Waals surface area contributed by atoms with E-state index in [1.807, 2.05) is 0 Å². The van der Waals surface area contributed by atoms with Crippen molar-refractivity contribution in [1.82, 2.24) is 9.47 Å². The molecule has 1 atom stereocenters. The Morgan fingerprint density at radius 3 is 2.70 bits per heavy atom. The second-order valence-corrected chi connectivity index (χ2v) is 11.1. The summed E-state index contributed by atoms with van der Waals surface area (Å²) < 4.78 is 8.99. The molecule has 0 saturated carbocycles. The lowest BCUT2D eigenvalue weighted by Gasteiger charge is -2.34. The van der Waals surface area contributed by atoms with Crippen molar-refractivity contribution in [1.29, 1.82) is 0 Å². The summed E-state index contributed by atoms with van der Waals surface area (Å²) in [6.45, 7) is 6.56. The molecule has 1 unspecified atom stereocenters. The molecule has 37 heavy (non-hydrogen) atoms. The van der Waals surface area contributed by atoms with Crippen LogP contribution in [0.25, 0.3) is 10.9 Å². The number of benzene rings is 2. The van der Waals surface area contributed by atoms with Crippen LogP contribution in [-0.2, 0) is 22.5 Å². The van der Waals surface area contributed by atoms with Crippen LogP contribution in [0.3, 0.4) is 0 Å². The van der Waals surface area contributed by atoms with Gasteiger partial charge in [-0.25, -0.2) is 0 Å². The smallest absolute Gasteiger partial charge is 0.222 e. The number of rotatable bonds is 13. The van der Waals surface area contributed by atoms with E-state index in [2.05, 4.69) is 86.2 Å². The number of aromatic nitrogens is 1. The number of carbonyl (C=O) groups is 1. The van der Waals surface area contributed by atoms with Crippen molar-refractivity contribution in [3.63, 3.8) is 0 Å². The van der Waals surface area contributed by atoms with Crippen LogP contribution in [0.15, 0.2) is 53.0 Å². The predicted molar refractivity (Wildman–Crippen MR) is 157 cm³/mol. The van der Waals surface area contributed by atoms with Crippen LogP contribution in [0.1, 0.15) is 69.0 Å². The van der Waals surface area contributed by atoms with Crippen LogP contribution in [-0.4, -0.2) is 48.7 Å². The van der Waals surface area contributed by atoms with E-state index in [0.717, 1.165) is 75.8 Å². The molecule has 1 saturated heterocycles. The molecule has 1 aromatic heterocycles. The highest BCUT2D eigenvalue weighted by Crippen LogP contribution is 2.40. The Hall–Kier alpha value is -2.31. The molecule has 5 nitrogen and oxygen atoms in total. The molecule has 4 rings (SSSR count). The van der Waals surface area contributed by atoms with Crippen LogP contribution in [0.2, 0.25) is 0 Å². The lowest BCUT2D eigenvalue weighted by atomic mass is 9.92. The van der Waals surface area contributed by atoms with Crippen molar-refractivity contribution in [2.45, 2.75) is 70.8 Å². The van der Waals surface area contributed by atoms with Crippen molar-refractivity contribution in [3.05, 3.63) is 64.3 Å². The highest BCUT2D eigenvalue weighted by Gasteiger charge is 2.30. The number of amides is 1. The molecule has 0 spiro atoms. The van der Waals surface area contributed by atoms with Crippen LogP contribution < -0.4 is 5.32 Å². The van der Waals surface area contributed by atoms with E-state index in [4.69, 9.17) is 4.74 Å². The fraction of sp³-hybridized carbons (Fsp3) is 0.516. The number of aryl methyl sites for hydroxylation is 2. The van der Waals surface area contributed by atoms with Gasteiger partial charge in [-0.1, -0.05) is 59.6 Å². The number of hydrogen-bond acceptors (Lipinski definition) is 3.